The Hall–Kier alpha value is -2.07. The number of aliphatic hydroxyl groups is 1. The van der Waals surface area contributed by atoms with E-state index in [9.17, 15) is 5.11 Å². The first kappa shape index (κ1) is 12.9. The summed E-state index contributed by atoms with van der Waals surface area (Å²) in [6.45, 7) is 3.05. The molecule has 1 aromatic heterocycles. The molecule has 1 aromatic carbocycles. The number of aryl methyl sites for hydroxylation is 1. The second kappa shape index (κ2) is 5.51. The summed E-state index contributed by atoms with van der Waals surface area (Å²) in [6, 6.07) is 9.52. The second-order valence-corrected chi connectivity index (χ2v) is 4.92. The molecule has 0 radical (unpaired) electrons. The summed E-state index contributed by atoms with van der Waals surface area (Å²) in [7, 11) is 0. The van der Waals surface area contributed by atoms with E-state index in [2.05, 4.69) is 4.98 Å². The van der Waals surface area contributed by atoms with Crippen molar-refractivity contribution in [2.45, 2.75) is 19.4 Å². The van der Waals surface area contributed by atoms with Crippen LogP contribution < -0.4 is 9.47 Å². The molecule has 2 aromatic rings. The Morgan fingerprint density at radius 1 is 1.20 bits per heavy atom. The smallest absolute Gasteiger partial charge is 0.167 e. The maximum atomic E-state index is 10.4. The average molecular weight is 271 g/mol. The van der Waals surface area contributed by atoms with Gasteiger partial charge >= 0.3 is 0 Å². The molecule has 1 atom stereocenters. The van der Waals surface area contributed by atoms with E-state index < -0.39 is 6.10 Å². The largest absolute Gasteiger partial charge is 0.486 e. The summed E-state index contributed by atoms with van der Waals surface area (Å²) in [5.74, 6) is 1.35. The minimum absolute atomic E-state index is 0.458. The number of nitrogens with zero attached hydrogens (tertiary/aromatic N) is 1. The van der Waals surface area contributed by atoms with Crippen LogP contribution in [-0.4, -0.2) is 23.3 Å². The number of fused-ring (bicyclic) bond motifs is 1. The van der Waals surface area contributed by atoms with E-state index in [0.717, 1.165) is 16.8 Å². The summed E-state index contributed by atoms with van der Waals surface area (Å²) in [5, 5.41) is 10.4. The van der Waals surface area contributed by atoms with Gasteiger partial charge in [-0.1, -0.05) is 18.2 Å². The van der Waals surface area contributed by atoms with Gasteiger partial charge in [0.25, 0.3) is 0 Å². The highest BCUT2D eigenvalue weighted by molar-refractivity contribution is 5.48. The number of rotatable bonds is 3. The summed E-state index contributed by atoms with van der Waals surface area (Å²) in [6.07, 6.45) is 1.62. The number of aliphatic hydroxyl groups excluding tert-OH is 1. The molecule has 3 rings (SSSR count). The number of benzene rings is 1. The predicted octanol–water partition coefficient (Wildman–Crippen LogP) is 2.44. The molecule has 1 aliphatic heterocycles. The van der Waals surface area contributed by atoms with Gasteiger partial charge in [0.15, 0.2) is 11.5 Å². The highest BCUT2D eigenvalue weighted by Gasteiger charge is 2.21. The second-order valence-electron chi connectivity index (χ2n) is 4.92. The van der Waals surface area contributed by atoms with Crippen molar-refractivity contribution >= 4 is 0 Å². The minimum atomic E-state index is -0.651. The molecule has 1 unspecified atom stereocenters. The topological polar surface area (TPSA) is 51.6 Å². The van der Waals surface area contributed by atoms with Crippen molar-refractivity contribution in [1.82, 2.24) is 4.98 Å². The minimum Gasteiger partial charge on any atom is -0.486 e. The summed E-state index contributed by atoms with van der Waals surface area (Å²) < 4.78 is 11.2. The fourth-order valence-corrected chi connectivity index (χ4v) is 2.29. The van der Waals surface area contributed by atoms with Crippen molar-refractivity contribution in [2.24, 2.45) is 0 Å². The molecule has 4 heteroatoms. The van der Waals surface area contributed by atoms with Crippen LogP contribution in [0.5, 0.6) is 11.5 Å². The van der Waals surface area contributed by atoms with Gasteiger partial charge in [0.05, 0.1) is 6.10 Å². The summed E-state index contributed by atoms with van der Waals surface area (Å²) in [4.78, 5) is 4.32. The van der Waals surface area contributed by atoms with Crippen LogP contribution in [0.2, 0.25) is 0 Å². The van der Waals surface area contributed by atoms with E-state index in [1.165, 1.54) is 0 Å². The van der Waals surface area contributed by atoms with Crippen LogP contribution in [0.1, 0.15) is 22.9 Å². The van der Waals surface area contributed by atoms with Crippen molar-refractivity contribution in [3.8, 4) is 11.5 Å². The average Bonchev–Trinajstić information content (AvgIpc) is 2.49. The Morgan fingerprint density at radius 3 is 2.85 bits per heavy atom. The Labute approximate surface area is 118 Å². The Kier molecular flexibility index (Phi) is 3.56. The molecule has 104 valence electrons. The third kappa shape index (κ3) is 2.60. The van der Waals surface area contributed by atoms with Gasteiger partial charge in [0, 0.05) is 23.9 Å². The lowest BCUT2D eigenvalue weighted by molar-refractivity contribution is 0.145. The van der Waals surface area contributed by atoms with Crippen LogP contribution >= 0.6 is 0 Å². The molecule has 0 saturated heterocycles. The number of ether oxygens (including phenoxy) is 2. The molecule has 1 aliphatic rings. The van der Waals surface area contributed by atoms with Gasteiger partial charge in [-0.25, -0.2) is 0 Å². The van der Waals surface area contributed by atoms with Crippen molar-refractivity contribution in [3.05, 3.63) is 53.3 Å². The highest BCUT2D eigenvalue weighted by atomic mass is 16.6. The molecule has 1 N–H and O–H groups in total. The van der Waals surface area contributed by atoms with E-state index >= 15 is 0 Å². The van der Waals surface area contributed by atoms with Gasteiger partial charge in [-0.15, -0.1) is 0 Å². The first-order valence-corrected chi connectivity index (χ1v) is 6.72. The number of pyridine rings is 1. The molecule has 4 nitrogen and oxygen atoms in total. The number of aromatic nitrogens is 1. The van der Waals surface area contributed by atoms with Gasteiger partial charge in [0.2, 0.25) is 0 Å². The van der Waals surface area contributed by atoms with Crippen LogP contribution in [0, 0.1) is 6.92 Å². The maximum absolute atomic E-state index is 10.4. The Balaban J connectivity index is 1.83. The van der Waals surface area contributed by atoms with Gasteiger partial charge < -0.3 is 14.6 Å². The fraction of sp³-hybridized carbons (Fsp3) is 0.312. The molecule has 0 fully saturated rings. The van der Waals surface area contributed by atoms with E-state index in [0.29, 0.717) is 31.1 Å². The molecule has 0 aliphatic carbocycles. The van der Waals surface area contributed by atoms with Crippen LogP contribution in [0.3, 0.4) is 0 Å². The van der Waals surface area contributed by atoms with Gasteiger partial charge in [-0.3, -0.25) is 4.98 Å². The van der Waals surface area contributed by atoms with Crippen LogP contribution in [0.25, 0.3) is 0 Å². The zero-order valence-electron chi connectivity index (χ0n) is 11.4. The Bertz CT molecular complexity index is 595. The molecular formula is C16H17NO3. The van der Waals surface area contributed by atoms with E-state index in [4.69, 9.17) is 9.47 Å². The first-order chi connectivity index (χ1) is 9.74. The van der Waals surface area contributed by atoms with Gasteiger partial charge in [-0.2, -0.15) is 0 Å². The maximum Gasteiger partial charge on any atom is 0.167 e. The zero-order chi connectivity index (χ0) is 13.9. The number of hydrogen-bond acceptors (Lipinski definition) is 4. The Morgan fingerprint density at radius 2 is 2.05 bits per heavy atom. The molecule has 2 heterocycles. The molecule has 0 spiro atoms. The lowest BCUT2D eigenvalue weighted by atomic mass is 10.0. The predicted molar refractivity (Wildman–Crippen MR) is 75.1 cm³/mol. The highest BCUT2D eigenvalue weighted by Crippen LogP contribution is 2.37. The molecule has 0 amide bonds. The zero-order valence-corrected chi connectivity index (χ0v) is 11.4. The van der Waals surface area contributed by atoms with Crippen LogP contribution in [0.15, 0.2) is 36.5 Å². The monoisotopic (exact) mass is 271 g/mol. The molecular weight excluding hydrogens is 254 g/mol. The van der Waals surface area contributed by atoms with E-state index in [-0.39, 0.29) is 0 Å². The van der Waals surface area contributed by atoms with Gasteiger partial charge in [-0.05, 0) is 24.6 Å². The fourth-order valence-electron chi connectivity index (χ4n) is 2.29. The van der Waals surface area contributed by atoms with Crippen molar-refractivity contribution < 1.29 is 14.6 Å². The van der Waals surface area contributed by atoms with Crippen molar-refractivity contribution in [1.29, 1.82) is 0 Å². The van der Waals surface area contributed by atoms with Gasteiger partial charge in [0.1, 0.15) is 13.2 Å². The summed E-state index contributed by atoms with van der Waals surface area (Å²) >= 11 is 0. The molecule has 0 bridgehead atoms. The van der Waals surface area contributed by atoms with Crippen molar-refractivity contribution in [2.75, 3.05) is 13.2 Å². The SMILES string of the molecule is Cc1ccc(CC(O)c2cccc3c2OCCO3)nc1. The van der Waals surface area contributed by atoms with E-state index in [1.54, 1.807) is 0 Å². The summed E-state index contributed by atoms with van der Waals surface area (Å²) in [5.41, 5.74) is 2.72. The lowest BCUT2D eigenvalue weighted by Crippen LogP contribution is -2.17. The third-order valence-corrected chi connectivity index (χ3v) is 3.33. The van der Waals surface area contributed by atoms with Crippen LogP contribution in [-0.2, 0) is 6.42 Å². The van der Waals surface area contributed by atoms with Crippen molar-refractivity contribution in [3.63, 3.8) is 0 Å². The third-order valence-electron chi connectivity index (χ3n) is 3.33. The quantitative estimate of drug-likeness (QED) is 0.931. The number of para-hydroxylation sites is 1. The van der Waals surface area contributed by atoms with E-state index in [1.807, 2.05) is 43.5 Å². The normalized spacial score (nSPS) is 14.9. The van der Waals surface area contributed by atoms with Crippen LogP contribution in [0.4, 0.5) is 0 Å². The number of hydrogen-bond donors (Lipinski definition) is 1. The lowest BCUT2D eigenvalue weighted by Gasteiger charge is -2.23. The molecule has 20 heavy (non-hydrogen) atoms. The first-order valence-electron chi connectivity index (χ1n) is 6.72. The molecule has 0 saturated carbocycles. The standard InChI is InChI=1S/C16H17NO3/c1-11-5-6-12(17-10-11)9-14(18)13-3-2-4-15-16(13)20-8-7-19-15/h2-6,10,14,18H,7-9H2,1H3.